The van der Waals surface area contributed by atoms with E-state index in [1.807, 2.05) is 24.3 Å². The first-order valence-electron chi connectivity index (χ1n) is 7.31. The topological polar surface area (TPSA) is 49.9 Å². The molecular weight excluding hydrogens is 268 g/mol. The van der Waals surface area contributed by atoms with Crippen molar-refractivity contribution in [2.75, 3.05) is 44.7 Å². The Morgan fingerprint density at radius 3 is 2.38 bits per heavy atom. The zero-order chi connectivity index (χ0) is 15.2. The smallest absolute Gasteiger partial charge is 0.320 e. The number of piperazine rings is 1. The first kappa shape index (κ1) is 15.5. The highest BCUT2D eigenvalue weighted by Gasteiger charge is 2.21. The summed E-state index contributed by atoms with van der Waals surface area (Å²) in [6.45, 7) is 6.08. The van der Waals surface area contributed by atoms with Crippen molar-refractivity contribution in [3.8, 4) is 0 Å². The number of esters is 1. The van der Waals surface area contributed by atoms with Crippen molar-refractivity contribution in [3.63, 3.8) is 0 Å². The van der Waals surface area contributed by atoms with E-state index in [1.165, 1.54) is 0 Å². The van der Waals surface area contributed by atoms with Gasteiger partial charge in [-0.25, -0.2) is 0 Å². The molecule has 1 aliphatic rings. The number of carbonyl (C=O) groups is 2. The molecule has 1 aromatic rings. The lowest BCUT2D eigenvalue weighted by atomic mass is 10.0. The van der Waals surface area contributed by atoms with Crippen LogP contribution >= 0.6 is 0 Å². The lowest BCUT2D eigenvalue weighted by molar-refractivity contribution is -0.146. The van der Waals surface area contributed by atoms with Crippen LogP contribution < -0.4 is 4.90 Å². The number of likely N-dealkylation sites (N-methyl/N-ethyl adjacent to an activating group) is 1. The zero-order valence-corrected chi connectivity index (χ0v) is 12.6. The molecule has 5 heteroatoms. The van der Waals surface area contributed by atoms with Gasteiger partial charge in [-0.05, 0) is 31.7 Å². The second-order valence-electron chi connectivity index (χ2n) is 5.25. The summed E-state index contributed by atoms with van der Waals surface area (Å²) in [5, 5.41) is 0. The molecule has 5 nitrogen and oxygen atoms in total. The first-order chi connectivity index (χ1) is 10.2. The number of hydrogen-bond acceptors (Lipinski definition) is 5. The maximum absolute atomic E-state index is 11.7. The van der Waals surface area contributed by atoms with Gasteiger partial charge in [0.05, 0.1) is 6.61 Å². The Balaban J connectivity index is 2.07. The first-order valence-corrected chi connectivity index (χ1v) is 7.31. The molecule has 2 rings (SSSR count). The van der Waals surface area contributed by atoms with E-state index in [-0.39, 0.29) is 6.61 Å². The summed E-state index contributed by atoms with van der Waals surface area (Å²) in [5.74, 6) is -1.31. The molecule has 0 aromatic heterocycles. The quantitative estimate of drug-likeness (QED) is 0.464. The Morgan fingerprint density at radius 2 is 1.86 bits per heavy atom. The molecule has 1 atom stereocenters. The largest absolute Gasteiger partial charge is 0.465 e. The standard InChI is InChI=1S/C16H22N2O3/c1-3-21-16(20)15(12-19)13-4-6-14(7-5-13)18-10-8-17(2)9-11-18/h4-7,12,15H,3,8-11H2,1-2H3. The lowest BCUT2D eigenvalue weighted by Crippen LogP contribution is -2.44. The van der Waals surface area contributed by atoms with Crippen molar-refractivity contribution >= 4 is 17.9 Å². The zero-order valence-electron chi connectivity index (χ0n) is 12.6. The number of anilines is 1. The van der Waals surface area contributed by atoms with E-state index in [9.17, 15) is 9.59 Å². The highest BCUT2D eigenvalue weighted by Crippen LogP contribution is 2.21. The lowest BCUT2D eigenvalue weighted by Gasteiger charge is -2.34. The molecule has 1 aromatic carbocycles. The van der Waals surface area contributed by atoms with Gasteiger partial charge in [-0.3, -0.25) is 4.79 Å². The second kappa shape index (κ2) is 7.22. The fourth-order valence-corrected chi connectivity index (χ4v) is 2.46. The van der Waals surface area contributed by atoms with Gasteiger partial charge in [0.15, 0.2) is 0 Å². The molecule has 0 radical (unpaired) electrons. The van der Waals surface area contributed by atoms with Gasteiger partial charge in [-0.2, -0.15) is 0 Å². The molecule has 21 heavy (non-hydrogen) atoms. The van der Waals surface area contributed by atoms with Gasteiger partial charge in [-0.15, -0.1) is 0 Å². The molecule has 1 fully saturated rings. The van der Waals surface area contributed by atoms with E-state index >= 15 is 0 Å². The monoisotopic (exact) mass is 290 g/mol. The van der Waals surface area contributed by atoms with Crippen LogP contribution in [0.15, 0.2) is 24.3 Å². The Morgan fingerprint density at radius 1 is 1.24 bits per heavy atom. The fourth-order valence-electron chi connectivity index (χ4n) is 2.46. The second-order valence-corrected chi connectivity index (χ2v) is 5.25. The number of benzene rings is 1. The molecule has 0 amide bonds. The van der Waals surface area contributed by atoms with Gasteiger partial charge in [0.2, 0.25) is 0 Å². The van der Waals surface area contributed by atoms with E-state index < -0.39 is 11.9 Å². The third kappa shape index (κ3) is 3.82. The van der Waals surface area contributed by atoms with Crippen LogP contribution in [0.5, 0.6) is 0 Å². The number of aldehydes is 1. The average molecular weight is 290 g/mol. The molecule has 1 aliphatic heterocycles. The summed E-state index contributed by atoms with van der Waals surface area (Å²) in [6, 6.07) is 7.61. The Hall–Kier alpha value is -1.88. The molecule has 0 saturated carbocycles. The minimum absolute atomic E-state index is 0.280. The number of ether oxygens (including phenoxy) is 1. The summed E-state index contributed by atoms with van der Waals surface area (Å²) in [7, 11) is 2.12. The molecule has 1 saturated heterocycles. The van der Waals surface area contributed by atoms with E-state index in [4.69, 9.17) is 4.74 Å². The van der Waals surface area contributed by atoms with Crippen LogP contribution in [0.25, 0.3) is 0 Å². The normalized spacial score (nSPS) is 17.3. The van der Waals surface area contributed by atoms with Gasteiger partial charge >= 0.3 is 5.97 Å². The summed E-state index contributed by atoms with van der Waals surface area (Å²) in [4.78, 5) is 27.5. The van der Waals surface area contributed by atoms with Crippen LogP contribution in [-0.4, -0.2) is 57.0 Å². The van der Waals surface area contributed by atoms with Gasteiger partial charge in [0, 0.05) is 31.9 Å². The maximum Gasteiger partial charge on any atom is 0.320 e. The van der Waals surface area contributed by atoms with Gasteiger partial charge in [0.25, 0.3) is 0 Å². The van der Waals surface area contributed by atoms with E-state index in [1.54, 1.807) is 6.92 Å². The summed E-state index contributed by atoms with van der Waals surface area (Å²) < 4.78 is 4.92. The number of rotatable bonds is 5. The van der Waals surface area contributed by atoms with Crippen LogP contribution in [-0.2, 0) is 14.3 Å². The van der Waals surface area contributed by atoms with Crippen LogP contribution in [0.3, 0.4) is 0 Å². The minimum Gasteiger partial charge on any atom is -0.465 e. The third-order valence-corrected chi connectivity index (χ3v) is 3.80. The number of nitrogens with zero attached hydrogens (tertiary/aromatic N) is 2. The molecule has 114 valence electrons. The maximum atomic E-state index is 11.7. The molecule has 1 unspecified atom stereocenters. The van der Waals surface area contributed by atoms with Gasteiger partial charge in [0.1, 0.15) is 12.2 Å². The number of carbonyl (C=O) groups excluding carboxylic acids is 2. The molecular formula is C16H22N2O3. The summed E-state index contributed by atoms with van der Waals surface area (Å²) in [6.07, 6.45) is 0.642. The predicted octanol–water partition coefficient (Wildman–Crippen LogP) is 1.28. The highest BCUT2D eigenvalue weighted by molar-refractivity contribution is 5.94. The van der Waals surface area contributed by atoms with Gasteiger partial charge < -0.3 is 19.3 Å². The van der Waals surface area contributed by atoms with Gasteiger partial charge in [-0.1, -0.05) is 12.1 Å². The molecule has 1 heterocycles. The Kier molecular flexibility index (Phi) is 5.33. The van der Waals surface area contributed by atoms with Crippen molar-refractivity contribution in [1.82, 2.24) is 4.90 Å². The van der Waals surface area contributed by atoms with Crippen molar-refractivity contribution < 1.29 is 14.3 Å². The third-order valence-electron chi connectivity index (χ3n) is 3.80. The SMILES string of the molecule is CCOC(=O)C(C=O)c1ccc(N2CCN(C)CC2)cc1. The van der Waals surface area contributed by atoms with Crippen LogP contribution in [0, 0.1) is 0 Å². The molecule has 0 N–H and O–H groups in total. The summed E-state index contributed by atoms with van der Waals surface area (Å²) in [5.41, 5.74) is 1.81. The average Bonchev–Trinajstić information content (AvgIpc) is 2.50. The van der Waals surface area contributed by atoms with Crippen molar-refractivity contribution in [1.29, 1.82) is 0 Å². The van der Waals surface area contributed by atoms with E-state index in [2.05, 4.69) is 16.8 Å². The van der Waals surface area contributed by atoms with Crippen molar-refractivity contribution in [2.45, 2.75) is 12.8 Å². The summed E-state index contributed by atoms with van der Waals surface area (Å²) >= 11 is 0. The highest BCUT2D eigenvalue weighted by atomic mass is 16.5. The molecule has 0 spiro atoms. The fraction of sp³-hybridized carbons (Fsp3) is 0.500. The minimum atomic E-state index is -0.827. The molecule has 0 bridgehead atoms. The van der Waals surface area contributed by atoms with E-state index in [0.717, 1.165) is 31.9 Å². The van der Waals surface area contributed by atoms with Crippen LogP contribution in [0.2, 0.25) is 0 Å². The van der Waals surface area contributed by atoms with Crippen LogP contribution in [0.1, 0.15) is 18.4 Å². The van der Waals surface area contributed by atoms with Crippen LogP contribution in [0.4, 0.5) is 5.69 Å². The Labute approximate surface area is 125 Å². The number of hydrogen-bond donors (Lipinski definition) is 0. The molecule has 0 aliphatic carbocycles. The van der Waals surface area contributed by atoms with E-state index in [0.29, 0.717) is 11.8 Å². The van der Waals surface area contributed by atoms with Crippen molar-refractivity contribution in [2.24, 2.45) is 0 Å². The Bertz CT molecular complexity index is 479. The predicted molar refractivity (Wildman–Crippen MR) is 81.6 cm³/mol. The van der Waals surface area contributed by atoms with Crippen molar-refractivity contribution in [3.05, 3.63) is 29.8 Å².